The minimum Gasteiger partial charge on any atom is -0.480 e. The van der Waals surface area contributed by atoms with Crippen molar-refractivity contribution in [1.82, 2.24) is 15.1 Å². The number of carboxylic acid groups (broad SMARTS) is 1. The molecule has 1 amide bonds. The maximum Gasteiger partial charge on any atom is 0.317 e. The first-order chi connectivity index (χ1) is 12.0. The van der Waals surface area contributed by atoms with E-state index in [-0.39, 0.29) is 24.5 Å². The molecule has 0 aromatic heterocycles. The summed E-state index contributed by atoms with van der Waals surface area (Å²) in [7, 11) is 1.87. The van der Waals surface area contributed by atoms with Crippen molar-refractivity contribution in [3.05, 3.63) is 35.9 Å². The van der Waals surface area contributed by atoms with Crippen LogP contribution in [-0.4, -0.2) is 65.5 Å². The first kappa shape index (κ1) is 19.4. The molecule has 1 fully saturated rings. The highest BCUT2D eigenvalue weighted by Gasteiger charge is 2.26. The number of aliphatic carboxylic acids is 1. The Morgan fingerprint density at radius 2 is 2.00 bits per heavy atom. The summed E-state index contributed by atoms with van der Waals surface area (Å²) in [4.78, 5) is 27.4. The summed E-state index contributed by atoms with van der Waals surface area (Å²) in [6.07, 6.45) is 2.84. The van der Waals surface area contributed by atoms with Crippen molar-refractivity contribution in [2.24, 2.45) is 0 Å². The van der Waals surface area contributed by atoms with Gasteiger partial charge < -0.3 is 10.4 Å². The molecule has 1 aliphatic heterocycles. The van der Waals surface area contributed by atoms with E-state index in [9.17, 15) is 9.59 Å². The predicted octanol–water partition coefficient (Wildman–Crippen LogP) is 1.56. The van der Waals surface area contributed by atoms with Gasteiger partial charge in [-0.2, -0.15) is 0 Å². The summed E-state index contributed by atoms with van der Waals surface area (Å²) in [5.41, 5.74) is 1.09. The SMILES string of the molecule is CC(C(=O)NCc1ccccc1)N1CCCC(N(C)CC(=O)O)CC1. The van der Waals surface area contributed by atoms with Gasteiger partial charge in [0.1, 0.15) is 0 Å². The van der Waals surface area contributed by atoms with Crippen molar-refractivity contribution in [1.29, 1.82) is 0 Å². The van der Waals surface area contributed by atoms with Crippen LogP contribution < -0.4 is 5.32 Å². The third kappa shape index (κ3) is 6.14. The third-order valence-corrected chi connectivity index (χ3v) is 4.98. The molecule has 0 spiro atoms. The lowest BCUT2D eigenvalue weighted by atomic mass is 10.1. The van der Waals surface area contributed by atoms with Gasteiger partial charge in [-0.3, -0.25) is 19.4 Å². The van der Waals surface area contributed by atoms with Crippen LogP contribution in [0.3, 0.4) is 0 Å². The molecule has 1 saturated heterocycles. The number of hydrogen-bond donors (Lipinski definition) is 2. The molecule has 0 saturated carbocycles. The third-order valence-electron chi connectivity index (χ3n) is 4.98. The second kappa shape index (κ2) is 9.53. The highest BCUT2D eigenvalue weighted by Crippen LogP contribution is 2.17. The van der Waals surface area contributed by atoms with Crippen molar-refractivity contribution in [3.8, 4) is 0 Å². The molecule has 2 N–H and O–H groups in total. The van der Waals surface area contributed by atoms with E-state index in [1.54, 1.807) is 0 Å². The van der Waals surface area contributed by atoms with Crippen LogP contribution in [0.4, 0.5) is 0 Å². The van der Waals surface area contributed by atoms with E-state index in [1.165, 1.54) is 0 Å². The smallest absolute Gasteiger partial charge is 0.317 e. The van der Waals surface area contributed by atoms with E-state index in [0.29, 0.717) is 6.54 Å². The quantitative estimate of drug-likeness (QED) is 0.783. The second-order valence-corrected chi connectivity index (χ2v) is 6.81. The van der Waals surface area contributed by atoms with Crippen LogP contribution in [0.25, 0.3) is 0 Å². The molecular formula is C19H29N3O3. The summed E-state index contributed by atoms with van der Waals surface area (Å²) in [5.74, 6) is -0.751. The van der Waals surface area contributed by atoms with Crippen molar-refractivity contribution in [2.45, 2.75) is 44.8 Å². The minimum atomic E-state index is -0.794. The standard InChI is InChI=1S/C19H29N3O3/c1-15(19(25)20-13-16-7-4-3-5-8-16)22-11-6-9-17(10-12-22)21(2)14-18(23)24/h3-5,7-8,15,17H,6,9-14H2,1-2H3,(H,20,25)(H,23,24). The fraction of sp³-hybridized carbons (Fsp3) is 0.579. The van der Waals surface area contributed by atoms with Gasteiger partial charge in [0.15, 0.2) is 0 Å². The van der Waals surface area contributed by atoms with Crippen LogP contribution >= 0.6 is 0 Å². The average molecular weight is 347 g/mol. The van der Waals surface area contributed by atoms with Gasteiger partial charge in [-0.25, -0.2) is 0 Å². The largest absolute Gasteiger partial charge is 0.480 e. The zero-order chi connectivity index (χ0) is 18.2. The Balaban J connectivity index is 1.82. The molecule has 0 aliphatic carbocycles. The molecule has 1 aromatic carbocycles. The van der Waals surface area contributed by atoms with Gasteiger partial charge in [0.25, 0.3) is 0 Å². The molecule has 0 radical (unpaired) electrons. The van der Waals surface area contributed by atoms with Crippen molar-refractivity contribution in [3.63, 3.8) is 0 Å². The van der Waals surface area contributed by atoms with Crippen molar-refractivity contribution in [2.75, 3.05) is 26.7 Å². The molecule has 6 heteroatoms. The van der Waals surface area contributed by atoms with Gasteiger partial charge in [0.05, 0.1) is 12.6 Å². The zero-order valence-corrected chi connectivity index (χ0v) is 15.1. The van der Waals surface area contributed by atoms with Crippen LogP contribution in [0.2, 0.25) is 0 Å². The minimum absolute atomic E-state index is 0.0428. The Labute approximate surface area is 149 Å². The lowest BCUT2D eigenvalue weighted by molar-refractivity contribution is -0.138. The molecule has 2 atom stereocenters. The molecule has 138 valence electrons. The number of nitrogens with zero attached hydrogens (tertiary/aromatic N) is 2. The molecule has 1 aliphatic rings. The number of carbonyl (C=O) groups is 2. The fourth-order valence-corrected chi connectivity index (χ4v) is 3.37. The number of likely N-dealkylation sites (tertiary alicyclic amines) is 1. The Morgan fingerprint density at radius 3 is 2.68 bits per heavy atom. The Bertz CT molecular complexity index is 564. The number of carbonyl (C=O) groups excluding carboxylic acids is 1. The summed E-state index contributed by atoms with van der Waals surface area (Å²) >= 11 is 0. The number of carboxylic acids is 1. The number of hydrogen-bond acceptors (Lipinski definition) is 4. The molecule has 0 bridgehead atoms. The molecule has 2 rings (SSSR count). The Kier molecular flexibility index (Phi) is 7.40. The molecule has 6 nitrogen and oxygen atoms in total. The van der Waals surface area contributed by atoms with Gasteiger partial charge in [0.2, 0.25) is 5.91 Å². The van der Waals surface area contributed by atoms with Crippen molar-refractivity contribution >= 4 is 11.9 Å². The maximum atomic E-state index is 12.4. The zero-order valence-electron chi connectivity index (χ0n) is 15.1. The molecule has 1 aromatic rings. The molecule has 25 heavy (non-hydrogen) atoms. The van der Waals surface area contributed by atoms with E-state index in [4.69, 9.17) is 5.11 Å². The highest BCUT2D eigenvalue weighted by atomic mass is 16.4. The number of likely N-dealkylation sites (N-methyl/N-ethyl adjacent to an activating group) is 1. The van der Waals surface area contributed by atoms with Crippen LogP contribution in [0.15, 0.2) is 30.3 Å². The first-order valence-corrected chi connectivity index (χ1v) is 8.95. The highest BCUT2D eigenvalue weighted by molar-refractivity contribution is 5.81. The maximum absolute atomic E-state index is 12.4. The monoisotopic (exact) mass is 347 g/mol. The number of nitrogens with one attached hydrogen (secondary N) is 1. The summed E-state index contributed by atoms with van der Waals surface area (Å²) in [6.45, 7) is 4.24. The van der Waals surface area contributed by atoms with Gasteiger partial charge in [0, 0.05) is 19.1 Å². The Morgan fingerprint density at radius 1 is 1.28 bits per heavy atom. The average Bonchev–Trinajstić information content (AvgIpc) is 2.85. The normalized spacial score (nSPS) is 20.0. The lowest BCUT2D eigenvalue weighted by Crippen LogP contribution is -2.45. The van der Waals surface area contributed by atoms with Gasteiger partial charge >= 0.3 is 5.97 Å². The van der Waals surface area contributed by atoms with E-state index in [2.05, 4.69) is 10.2 Å². The van der Waals surface area contributed by atoms with Crippen LogP contribution in [-0.2, 0) is 16.1 Å². The summed E-state index contributed by atoms with van der Waals surface area (Å²) < 4.78 is 0. The molecule has 1 heterocycles. The molecule has 2 unspecified atom stereocenters. The van der Waals surface area contributed by atoms with Crippen LogP contribution in [0.1, 0.15) is 31.7 Å². The number of amides is 1. The van der Waals surface area contributed by atoms with Gasteiger partial charge in [-0.1, -0.05) is 30.3 Å². The van der Waals surface area contributed by atoms with Gasteiger partial charge in [-0.05, 0) is 45.3 Å². The van der Waals surface area contributed by atoms with E-state index in [0.717, 1.165) is 37.9 Å². The topological polar surface area (TPSA) is 72.9 Å². The van der Waals surface area contributed by atoms with Crippen molar-refractivity contribution < 1.29 is 14.7 Å². The van der Waals surface area contributed by atoms with E-state index in [1.807, 2.05) is 49.2 Å². The van der Waals surface area contributed by atoms with Crippen LogP contribution in [0.5, 0.6) is 0 Å². The number of rotatable bonds is 7. The molecular weight excluding hydrogens is 318 g/mol. The lowest BCUT2D eigenvalue weighted by Gasteiger charge is -2.28. The van der Waals surface area contributed by atoms with Crippen LogP contribution in [0, 0.1) is 0 Å². The fourth-order valence-electron chi connectivity index (χ4n) is 3.37. The Hall–Kier alpha value is -1.92. The number of benzene rings is 1. The second-order valence-electron chi connectivity index (χ2n) is 6.81. The summed E-state index contributed by atoms with van der Waals surface area (Å²) in [6, 6.07) is 9.98. The van der Waals surface area contributed by atoms with E-state index >= 15 is 0 Å². The first-order valence-electron chi connectivity index (χ1n) is 8.95. The summed E-state index contributed by atoms with van der Waals surface area (Å²) in [5, 5.41) is 12.0. The predicted molar refractivity (Wildman–Crippen MR) is 97.2 cm³/mol. The van der Waals surface area contributed by atoms with Gasteiger partial charge in [-0.15, -0.1) is 0 Å². The van der Waals surface area contributed by atoms with E-state index < -0.39 is 5.97 Å².